The summed E-state index contributed by atoms with van der Waals surface area (Å²) in [7, 11) is 1.87. The van der Waals surface area contributed by atoms with Crippen LogP contribution in [0.25, 0.3) is 0 Å². The molecule has 0 aromatic carbocycles. The SMILES string of the molecule is Cn1cc(N2CCCC(N3CCN(CCO)CC3)C2=O)cn1. The van der Waals surface area contributed by atoms with Crippen molar-refractivity contribution in [1.82, 2.24) is 19.6 Å². The Kier molecular flexibility index (Phi) is 4.75. The number of amides is 1. The second-order valence-electron chi connectivity index (χ2n) is 6.12. The summed E-state index contributed by atoms with van der Waals surface area (Å²) in [5.41, 5.74) is 0.899. The van der Waals surface area contributed by atoms with Crippen molar-refractivity contribution >= 4 is 11.6 Å². The van der Waals surface area contributed by atoms with Gasteiger partial charge in [0.05, 0.1) is 24.5 Å². The fourth-order valence-corrected chi connectivity index (χ4v) is 3.44. The summed E-state index contributed by atoms with van der Waals surface area (Å²) in [5.74, 6) is 0.204. The number of aromatic nitrogens is 2. The van der Waals surface area contributed by atoms with Gasteiger partial charge in [-0.2, -0.15) is 5.10 Å². The van der Waals surface area contributed by atoms with Gasteiger partial charge in [0.15, 0.2) is 0 Å². The van der Waals surface area contributed by atoms with Crippen LogP contribution in [-0.2, 0) is 11.8 Å². The van der Waals surface area contributed by atoms with Crippen molar-refractivity contribution in [3.05, 3.63) is 12.4 Å². The van der Waals surface area contributed by atoms with E-state index in [-0.39, 0.29) is 18.6 Å². The molecule has 1 aromatic rings. The molecule has 0 radical (unpaired) electrons. The average molecular weight is 307 g/mol. The van der Waals surface area contributed by atoms with E-state index >= 15 is 0 Å². The van der Waals surface area contributed by atoms with Gasteiger partial charge in [0.25, 0.3) is 0 Å². The number of nitrogens with zero attached hydrogens (tertiary/aromatic N) is 5. The molecule has 0 spiro atoms. The van der Waals surface area contributed by atoms with Gasteiger partial charge in [-0.1, -0.05) is 0 Å². The molecular weight excluding hydrogens is 282 g/mol. The summed E-state index contributed by atoms with van der Waals surface area (Å²) < 4.78 is 1.74. The Bertz CT molecular complexity index is 510. The molecule has 1 N–H and O–H groups in total. The number of piperazine rings is 1. The van der Waals surface area contributed by atoms with Crippen molar-refractivity contribution in [3.63, 3.8) is 0 Å². The molecule has 7 nitrogen and oxygen atoms in total. The number of β-amino-alcohol motifs (C(OH)–C–C–N with tert-alkyl or cyclic N) is 1. The van der Waals surface area contributed by atoms with Crippen molar-refractivity contribution in [2.75, 3.05) is 50.8 Å². The number of aliphatic hydroxyl groups excluding tert-OH is 1. The molecule has 2 saturated heterocycles. The van der Waals surface area contributed by atoms with Gasteiger partial charge in [-0.25, -0.2) is 0 Å². The summed E-state index contributed by atoms with van der Waals surface area (Å²) in [6.07, 6.45) is 5.64. The molecule has 2 aliphatic rings. The predicted molar refractivity (Wildman–Crippen MR) is 83.7 cm³/mol. The van der Waals surface area contributed by atoms with Crippen LogP contribution in [0.5, 0.6) is 0 Å². The van der Waals surface area contributed by atoms with E-state index in [0.29, 0.717) is 0 Å². The molecule has 7 heteroatoms. The fourth-order valence-electron chi connectivity index (χ4n) is 3.44. The number of anilines is 1. The van der Waals surface area contributed by atoms with E-state index < -0.39 is 0 Å². The largest absolute Gasteiger partial charge is 0.395 e. The second kappa shape index (κ2) is 6.76. The van der Waals surface area contributed by atoms with Crippen molar-refractivity contribution in [2.45, 2.75) is 18.9 Å². The van der Waals surface area contributed by atoms with Crippen LogP contribution >= 0.6 is 0 Å². The smallest absolute Gasteiger partial charge is 0.244 e. The van der Waals surface area contributed by atoms with Gasteiger partial charge >= 0.3 is 0 Å². The van der Waals surface area contributed by atoms with Gasteiger partial charge in [-0.05, 0) is 12.8 Å². The maximum Gasteiger partial charge on any atom is 0.244 e. The molecular formula is C15H25N5O2. The zero-order valence-electron chi connectivity index (χ0n) is 13.2. The van der Waals surface area contributed by atoms with E-state index in [1.54, 1.807) is 10.9 Å². The number of carbonyl (C=O) groups excluding carboxylic acids is 1. The maximum absolute atomic E-state index is 12.8. The highest BCUT2D eigenvalue weighted by Crippen LogP contribution is 2.24. The van der Waals surface area contributed by atoms with E-state index in [1.807, 2.05) is 18.1 Å². The summed E-state index contributed by atoms with van der Waals surface area (Å²) in [6, 6.07) is -0.00904. The normalized spacial score (nSPS) is 24.9. The van der Waals surface area contributed by atoms with Crippen LogP contribution in [0, 0.1) is 0 Å². The Morgan fingerprint density at radius 3 is 2.68 bits per heavy atom. The lowest BCUT2D eigenvalue weighted by molar-refractivity contribution is -0.126. The topological polar surface area (TPSA) is 64.8 Å². The van der Waals surface area contributed by atoms with Crippen molar-refractivity contribution in [2.24, 2.45) is 7.05 Å². The first-order valence-electron chi connectivity index (χ1n) is 8.06. The number of hydrogen-bond donors (Lipinski definition) is 1. The summed E-state index contributed by atoms with van der Waals surface area (Å²) in [5, 5.41) is 13.2. The molecule has 2 fully saturated rings. The first-order chi connectivity index (χ1) is 10.7. The zero-order chi connectivity index (χ0) is 15.5. The molecule has 3 rings (SSSR count). The van der Waals surface area contributed by atoms with E-state index in [0.717, 1.165) is 57.8 Å². The third-order valence-electron chi connectivity index (χ3n) is 4.68. The predicted octanol–water partition coefficient (Wildman–Crippen LogP) is -0.475. The Hall–Kier alpha value is -1.44. The maximum atomic E-state index is 12.8. The van der Waals surface area contributed by atoms with E-state index in [1.165, 1.54) is 0 Å². The second-order valence-corrected chi connectivity index (χ2v) is 6.12. The highest BCUT2D eigenvalue weighted by atomic mass is 16.3. The number of piperidine rings is 1. The number of rotatable bonds is 4. The molecule has 1 unspecified atom stereocenters. The minimum atomic E-state index is -0.00904. The molecule has 3 heterocycles. The molecule has 0 aliphatic carbocycles. The average Bonchev–Trinajstić information content (AvgIpc) is 2.95. The zero-order valence-corrected chi connectivity index (χ0v) is 13.2. The highest BCUT2D eigenvalue weighted by molar-refractivity contribution is 5.97. The summed E-state index contributed by atoms with van der Waals surface area (Å²) in [4.78, 5) is 19.3. The molecule has 0 bridgehead atoms. The minimum Gasteiger partial charge on any atom is -0.395 e. The number of carbonyl (C=O) groups is 1. The van der Waals surface area contributed by atoms with Crippen LogP contribution in [0.4, 0.5) is 5.69 Å². The quantitative estimate of drug-likeness (QED) is 0.814. The Morgan fingerprint density at radius 1 is 1.27 bits per heavy atom. The van der Waals surface area contributed by atoms with Gasteiger partial charge < -0.3 is 10.0 Å². The third kappa shape index (κ3) is 3.16. The number of aliphatic hydroxyl groups is 1. The molecule has 1 aromatic heterocycles. The summed E-state index contributed by atoms with van der Waals surface area (Å²) >= 11 is 0. The van der Waals surface area contributed by atoms with Gasteiger partial charge in [0.1, 0.15) is 0 Å². The first kappa shape index (κ1) is 15.5. The Labute approximate surface area is 131 Å². The highest BCUT2D eigenvalue weighted by Gasteiger charge is 2.35. The lowest BCUT2D eigenvalue weighted by atomic mass is 10.0. The fraction of sp³-hybridized carbons (Fsp3) is 0.733. The van der Waals surface area contributed by atoms with E-state index in [2.05, 4.69) is 14.9 Å². The Morgan fingerprint density at radius 2 is 2.05 bits per heavy atom. The number of hydrogen-bond acceptors (Lipinski definition) is 5. The van der Waals surface area contributed by atoms with Gasteiger partial charge in [-0.3, -0.25) is 19.3 Å². The van der Waals surface area contributed by atoms with Crippen LogP contribution in [0.15, 0.2) is 12.4 Å². The van der Waals surface area contributed by atoms with Gasteiger partial charge in [0.2, 0.25) is 5.91 Å². The molecule has 2 aliphatic heterocycles. The lowest BCUT2D eigenvalue weighted by Crippen LogP contribution is -2.58. The molecule has 1 atom stereocenters. The van der Waals surface area contributed by atoms with Crippen molar-refractivity contribution in [3.8, 4) is 0 Å². The van der Waals surface area contributed by atoms with Crippen molar-refractivity contribution in [1.29, 1.82) is 0 Å². The molecule has 22 heavy (non-hydrogen) atoms. The first-order valence-corrected chi connectivity index (χ1v) is 8.06. The molecule has 1 amide bonds. The van der Waals surface area contributed by atoms with Crippen LogP contribution in [0.3, 0.4) is 0 Å². The van der Waals surface area contributed by atoms with Crippen LogP contribution in [-0.4, -0.2) is 82.5 Å². The monoisotopic (exact) mass is 307 g/mol. The number of aryl methyl sites for hydroxylation is 1. The van der Waals surface area contributed by atoms with E-state index in [9.17, 15) is 4.79 Å². The summed E-state index contributed by atoms with van der Waals surface area (Å²) in [6.45, 7) is 5.37. The lowest BCUT2D eigenvalue weighted by Gasteiger charge is -2.42. The Balaban J connectivity index is 1.63. The van der Waals surface area contributed by atoms with Crippen LogP contribution in [0.2, 0.25) is 0 Å². The van der Waals surface area contributed by atoms with Gasteiger partial charge in [-0.15, -0.1) is 0 Å². The van der Waals surface area contributed by atoms with Crippen LogP contribution in [0.1, 0.15) is 12.8 Å². The van der Waals surface area contributed by atoms with Gasteiger partial charge in [0, 0.05) is 52.5 Å². The third-order valence-corrected chi connectivity index (χ3v) is 4.68. The van der Waals surface area contributed by atoms with Crippen molar-refractivity contribution < 1.29 is 9.90 Å². The van der Waals surface area contributed by atoms with E-state index in [4.69, 9.17) is 5.11 Å². The van der Waals surface area contributed by atoms with Crippen LogP contribution < -0.4 is 4.90 Å². The molecule has 122 valence electrons. The minimum absolute atomic E-state index is 0.00904. The standard InChI is InChI=1S/C15H25N5O2/c1-17-12-13(11-16-17)20-4-2-3-14(15(20)22)19-7-5-18(6-8-19)9-10-21/h11-12,14,21H,2-10H2,1H3. The molecule has 0 saturated carbocycles.